The fourth-order valence-electron chi connectivity index (χ4n) is 6.16. The van der Waals surface area contributed by atoms with E-state index in [9.17, 15) is 0 Å². The van der Waals surface area contributed by atoms with Gasteiger partial charge in [0.1, 0.15) is 0 Å². The topological polar surface area (TPSA) is 0 Å². The summed E-state index contributed by atoms with van der Waals surface area (Å²) in [6.07, 6.45) is 18.9. The molecule has 0 radical (unpaired) electrons. The van der Waals surface area contributed by atoms with Gasteiger partial charge in [-0.15, -0.1) is 0 Å². The molecular weight excluding hydrogens is 336 g/mol. The highest BCUT2D eigenvalue weighted by Gasteiger charge is 2.35. The quantitative estimate of drug-likeness (QED) is 0.328. The highest BCUT2D eigenvalue weighted by Crippen LogP contribution is 2.46. The summed E-state index contributed by atoms with van der Waals surface area (Å²) in [6.45, 7) is 19.8. The Labute approximate surface area is 180 Å². The lowest BCUT2D eigenvalue weighted by molar-refractivity contribution is 0.111. The van der Waals surface area contributed by atoms with E-state index in [1.54, 1.807) is 0 Å². The van der Waals surface area contributed by atoms with Crippen molar-refractivity contribution in [3.05, 3.63) is 0 Å². The van der Waals surface area contributed by atoms with E-state index in [-0.39, 0.29) is 0 Å². The van der Waals surface area contributed by atoms with Crippen molar-refractivity contribution in [1.82, 2.24) is 0 Å². The molecule has 5 unspecified atom stereocenters. The molecule has 168 valence electrons. The summed E-state index contributed by atoms with van der Waals surface area (Å²) in [6, 6.07) is 0. The maximum Gasteiger partial charge on any atom is -0.0323 e. The summed E-state index contributed by atoms with van der Waals surface area (Å²) in [5.41, 5.74) is 0.531. The smallest absolute Gasteiger partial charge is 0.0323 e. The summed E-state index contributed by atoms with van der Waals surface area (Å²) in [5.74, 6) is 5.55. The second-order valence-corrected chi connectivity index (χ2v) is 11.6. The Kier molecular flexibility index (Phi) is 12.4. The first kappa shape index (κ1) is 26.0. The first-order valence-electron chi connectivity index (χ1n) is 13.2. The lowest BCUT2D eigenvalue weighted by Gasteiger charge is -2.39. The van der Waals surface area contributed by atoms with Gasteiger partial charge in [0.05, 0.1) is 0 Å². The van der Waals surface area contributed by atoms with Crippen molar-refractivity contribution in [3.63, 3.8) is 0 Å². The van der Waals surface area contributed by atoms with Crippen LogP contribution in [0.15, 0.2) is 0 Å². The van der Waals surface area contributed by atoms with Gasteiger partial charge in [0.15, 0.2) is 0 Å². The van der Waals surface area contributed by atoms with Gasteiger partial charge in [0, 0.05) is 0 Å². The van der Waals surface area contributed by atoms with Crippen molar-refractivity contribution in [2.45, 2.75) is 139 Å². The van der Waals surface area contributed by atoms with Crippen LogP contribution in [0, 0.1) is 40.9 Å². The van der Waals surface area contributed by atoms with Crippen molar-refractivity contribution >= 4 is 0 Å². The van der Waals surface area contributed by atoms with Gasteiger partial charge in [-0.05, 0) is 66.6 Å². The SMILES string of the molecule is CCCCC(CC(C)C(C)C)CC1CCCCC(CCC)C(C)(C)CC1CC. The van der Waals surface area contributed by atoms with E-state index in [4.69, 9.17) is 0 Å². The molecular formula is C28H56. The third-order valence-corrected chi connectivity index (χ3v) is 8.54. The fourth-order valence-corrected chi connectivity index (χ4v) is 6.16. The third-order valence-electron chi connectivity index (χ3n) is 8.54. The van der Waals surface area contributed by atoms with Crippen molar-refractivity contribution in [1.29, 1.82) is 0 Å². The van der Waals surface area contributed by atoms with E-state index in [2.05, 4.69) is 55.4 Å². The number of hydrogen-bond acceptors (Lipinski definition) is 0. The van der Waals surface area contributed by atoms with Gasteiger partial charge in [0.2, 0.25) is 0 Å². The molecule has 0 aromatic heterocycles. The second-order valence-electron chi connectivity index (χ2n) is 11.6. The molecule has 0 bridgehead atoms. The average Bonchev–Trinajstić information content (AvgIpc) is 2.69. The molecule has 0 nitrogen and oxygen atoms in total. The lowest BCUT2D eigenvalue weighted by Crippen LogP contribution is -2.29. The van der Waals surface area contributed by atoms with E-state index in [0.29, 0.717) is 5.41 Å². The molecule has 1 aliphatic rings. The van der Waals surface area contributed by atoms with Gasteiger partial charge in [-0.2, -0.15) is 0 Å². The molecule has 0 spiro atoms. The summed E-state index contributed by atoms with van der Waals surface area (Å²) in [7, 11) is 0. The first-order valence-corrected chi connectivity index (χ1v) is 13.2. The van der Waals surface area contributed by atoms with Gasteiger partial charge in [0.25, 0.3) is 0 Å². The molecule has 1 saturated carbocycles. The Bertz CT molecular complexity index is 379. The van der Waals surface area contributed by atoms with E-state index in [0.717, 1.165) is 35.5 Å². The Hall–Kier alpha value is 0. The molecule has 1 rings (SSSR count). The van der Waals surface area contributed by atoms with Crippen LogP contribution >= 0.6 is 0 Å². The van der Waals surface area contributed by atoms with Crippen LogP contribution in [-0.4, -0.2) is 0 Å². The molecule has 28 heavy (non-hydrogen) atoms. The Morgan fingerprint density at radius 2 is 1.57 bits per heavy atom. The van der Waals surface area contributed by atoms with E-state index in [1.165, 1.54) is 83.5 Å². The van der Waals surface area contributed by atoms with Crippen molar-refractivity contribution < 1.29 is 0 Å². The largest absolute Gasteiger partial charge is 0.0654 e. The normalized spacial score (nSPS) is 28.4. The zero-order chi connectivity index (χ0) is 21.2. The van der Waals surface area contributed by atoms with Crippen LogP contribution in [0.4, 0.5) is 0 Å². The Balaban J connectivity index is 2.90. The second kappa shape index (κ2) is 13.3. The minimum absolute atomic E-state index is 0.531. The summed E-state index contributed by atoms with van der Waals surface area (Å²) in [5, 5.41) is 0. The Morgan fingerprint density at radius 3 is 2.14 bits per heavy atom. The van der Waals surface area contributed by atoms with Gasteiger partial charge in [-0.1, -0.05) is 113 Å². The van der Waals surface area contributed by atoms with E-state index in [1.807, 2.05) is 0 Å². The summed E-state index contributed by atoms with van der Waals surface area (Å²) < 4.78 is 0. The third kappa shape index (κ3) is 8.79. The first-order chi connectivity index (χ1) is 13.2. The lowest BCUT2D eigenvalue weighted by atomic mass is 9.66. The summed E-state index contributed by atoms with van der Waals surface area (Å²) in [4.78, 5) is 0. The molecule has 0 N–H and O–H groups in total. The standard InChI is InChI=1S/C28H56/c1-9-12-16-24(19-23(6)22(4)5)20-26-17-13-14-18-27(15-10-2)28(7,8)21-25(26)11-3/h22-27H,9-21H2,1-8H3. The highest BCUT2D eigenvalue weighted by molar-refractivity contribution is 4.86. The van der Waals surface area contributed by atoms with Crippen LogP contribution in [0.1, 0.15) is 139 Å². The molecule has 0 amide bonds. The predicted octanol–water partition coefficient (Wildman–Crippen LogP) is 9.91. The van der Waals surface area contributed by atoms with Gasteiger partial charge < -0.3 is 0 Å². The maximum absolute atomic E-state index is 2.60. The molecule has 0 heteroatoms. The average molecular weight is 393 g/mol. The predicted molar refractivity (Wildman–Crippen MR) is 129 cm³/mol. The van der Waals surface area contributed by atoms with Crippen LogP contribution in [0.5, 0.6) is 0 Å². The number of unbranched alkanes of at least 4 members (excludes halogenated alkanes) is 1. The molecule has 1 fully saturated rings. The zero-order valence-electron chi connectivity index (χ0n) is 21.2. The van der Waals surface area contributed by atoms with Crippen molar-refractivity contribution in [3.8, 4) is 0 Å². The minimum Gasteiger partial charge on any atom is -0.0654 e. The molecule has 0 aromatic carbocycles. The van der Waals surface area contributed by atoms with Crippen LogP contribution in [0.3, 0.4) is 0 Å². The molecule has 0 aliphatic heterocycles. The van der Waals surface area contributed by atoms with E-state index >= 15 is 0 Å². The molecule has 0 aromatic rings. The number of rotatable bonds is 11. The highest BCUT2D eigenvalue weighted by atomic mass is 14.4. The van der Waals surface area contributed by atoms with Crippen LogP contribution in [-0.2, 0) is 0 Å². The van der Waals surface area contributed by atoms with E-state index < -0.39 is 0 Å². The summed E-state index contributed by atoms with van der Waals surface area (Å²) >= 11 is 0. The van der Waals surface area contributed by atoms with Crippen LogP contribution in [0.25, 0.3) is 0 Å². The molecule has 0 heterocycles. The monoisotopic (exact) mass is 392 g/mol. The molecule has 1 aliphatic carbocycles. The van der Waals surface area contributed by atoms with Gasteiger partial charge >= 0.3 is 0 Å². The van der Waals surface area contributed by atoms with Gasteiger partial charge in [-0.3, -0.25) is 0 Å². The molecule has 0 saturated heterocycles. The van der Waals surface area contributed by atoms with Crippen molar-refractivity contribution in [2.75, 3.05) is 0 Å². The zero-order valence-corrected chi connectivity index (χ0v) is 21.2. The fraction of sp³-hybridized carbons (Fsp3) is 1.00. The van der Waals surface area contributed by atoms with Gasteiger partial charge in [-0.25, -0.2) is 0 Å². The van der Waals surface area contributed by atoms with Crippen LogP contribution in [0.2, 0.25) is 0 Å². The van der Waals surface area contributed by atoms with Crippen molar-refractivity contribution in [2.24, 2.45) is 40.9 Å². The Morgan fingerprint density at radius 1 is 0.893 bits per heavy atom. The number of hydrogen-bond donors (Lipinski definition) is 0. The molecule has 5 atom stereocenters. The van der Waals surface area contributed by atoms with Crippen LogP contribution < -0.4 is 0 Å². The maximum atomic E-state index is 2.60. The minimum atomic E-state index is 0.531.